The van der Waals surface area contributed by atoms with Crippen LogP contribution in [-0.4, -0.2) is 12.8 Å². The van der Waals surface area contributed by atoms with E-state index in [0.717, 1.165) is 11.6 Å². The summed E-state index contributed by atoms with van der Waals surface area (Å²) in [6, 6.07) is 21.2. The monoisotopic (exact) mass is 340 g/mol. The number of halogens is 2. The molecular weight excluding hydrogens is 326 g/mol. The Morgan fingerprint density at radius 2 is 1.22 bits per heavy atom. The van der Waals surface area contributed by atoms with E-state index in [9.17, 15) is 0 Å². The third-order valence-corrected chi connectivity index (χ3v) is 6.00. The molecule has 0 saturated heterocycles. The summed E-state index contributed by atoms with van der Waals surface area (Å²) in [7, 11) is 12.0. The Hall–Kier alpha value is -0.422. The predicted octanol–water partition coefficient (Wildman–Crippen LogP) is 5.17. The Morgan fingerprint density at radius 1 is 0.778 bits per heavy atom. The molecule has 0 unspecified atom stereocenters. The Labute approximate surface area is 122 Å². The van der Waals surface area contributed by atoms with Gasteiger partial charge in [0.2, 0.25) is 0 Å². The molecule has 3 heteroatoms. The van der Waals surface area contributed by atoms with Gasteiger partial charge in [-0.25, -0.2) is 0 Å². The van der Waals surface area contributed by atoms with Crippen LogP contribution >= 0.6 is 19.9 Å². The molecule has 2 rings (SSSR count). The van der Waals surface area contributed by atoms with Gasteiger partial charge >= 0.3 is 122 Å². The van der Waals surface area contributed by atoms with Crippen molar-refractivity contribution in [1.29, 1.82) is 0 Å². The molecule has 18 heavy (non-hydrogen) atoms. The summed E-state index contributed by atoms with van der Waals surface area (Å²) >= 11 is -1.59. The zero-order valence-corrected chi connectivity index (χ0v) is 13.4. The van der Waals surface area contributed by atoms with E-state index in [2.05, 4.69) is 48.5 Å². The van der Waals surface area contributed by atoms with Crippen LogP contribution in [0, 0.1) is 0 Å². The van der Waals surface area contributed by atoms with Gasteiger partial charge in [-0.05, 0) is 0 Å². The van der Waals surface area contributed by atoms with Gasteiger partial charge in [-0.2, -0.15) is 0 Å². The van der Waals surface area contributed by atoms with Crippen molar-refractivity contribution < 1.29 is 0 Å². The van der Waals surface area contributed by atoms with Crippen molar-refractivity contribution in [2.45, 2.75) is 17.5 Å². The summed E-state index contributed by atoms with van der Waals surface area (Å²) in [6.45, 7) is 0. The summed E-state index contributed by atoms with van der Waals surface area (Å²) in [5.41, 5.74) is 2.68. The Bertz CT molecular complexity index is 417. The first kappa shape index (κ1) is 14.0. The fourth-order valence-corrected chi connectivity index (χ4v) is 4.09. The molecule has 0 amide bonds. The van der Waals surface area contributed by atoms with Crippen LogP contribution < -0.4 is 0 Å². The molecule has 0 N–H and O–H groups in total. The van der Waals surface area contributed by atoms with E-state index in [0.29, 0.717) is 5.92 Å². The number of hydrogen-bond donors (Lipinski definition) is 0. The van der Waals surface area contributed by atoms with Gasteiger partial charge in [-0.3, -0.25) is 0 Å². The maximum absolute atomic E-state index is 6.01. The second-order valence-electron chi connectivity index (χ2n) is 4.19. The van der Waals surface area contributed by atoms with Gasteiger partial charge in [0.1, 0.15) is 0 Å². The zero-order valence-electron chi connectivity index (χ0n) is 9.97. The third-order valence-electron chi connectivity index (χ3n) is 2.99. The Morgan fingerprint density at radius 3 is 1.61 bits per heavy atom. The van der Waals surface area contributed by atoms with Crippen molar-refractivity contribution in [2.75, 3.05) is 0 Å². The van der Waals surface area contributed by atoms with Crippen molar-refractivity contribution in [3.05, 3.63) is 71.8 Å². The van der Waals surface area contributed by atoms with Crippen molar-refractivity contribution in [3.8, 4) is 0 Å². The molecule has 0 aliphatic heterocycles. The van der Waals surface area contributed by atoms with Crippen molar-refractivity contribution in [2.24, 2.45) is 0 Å². The van der Waals surface area contributed by atoms with Crippen LogP contribution in [0.5, 0.6) is 0 Å². The van der Waals surface area contributed by atoms with Gasteiger partial charge < -0.3 is 0 Å². The van der Waals surface area contributed by atoms with Crippen LogP contribution in [0.1, 0.15) is 23.5 Å². The molecule has 2 aromatic rings. The number of rotatable bonds is 5. The quantitative estimate of drug-likeness (QED) is 0.658. The molecule has 0 aliphatic carbocycles. The van der Waals surface area contributed by atoms with Crippen molar-refractivity contribution in [3.63, 3.8) is 0 Å². The van der Waals surface area contributed by atoms with Crippen LogP contribution in [-0.2, 0) is 0 Å². The molecule has 0 aliphatic rings. The van der Waals surface area contributed by atoms with Gasteiger partial charge in [0.25, 0.3) is 0 Å². The summed E-state index contributed by atoms with van der Waals surface area (Å²) in [5.74, 6) is 0.404. The molecule has 0 bridgehead atoms. The average Bonchev–Trinajstić information content (AvgIpc) is 2.41. The summed E-state index contributed by atoms with van der Waals surface area (Å²) < 4.78 is 0. The van der Waals surface area contributed by atoms with Gasteiger partial charge in [-0.1, -0.05) is 0 Å². The number of hydrogen-bond acceptors (Lipinski definition) is 0. The standard InChI is InChI=1S/C15H15AsCl2/c17-16(18)12-11-15(13-7-3-1-4-8-13)14-9-5-2-6-10-14/h1-10,15H,11-12H2. The van der Waals surface area contributed by atoms with Gasteiger partial charge in [-0.15, -0.1) is 0 Å². The van der Waals surface area contributed by atoms with Crippen LogP contribution in [0.2, 0.25) is 5.21 Å². The van der Waals surface area contributed by atoms with Crippen LogP contribution in [0.3, 0.4) is 0 Å². The molecule has 0 aromatic heterocycles. The van der Waals surface area contributed by atoms with E-state index in [4.69, 9.17) is 19.9 Å². The molecule has 0 spiro atoms. The fourth-order valence-electron chi connectivity index (χ4n) is 2.12. The molecule has 0 heterocycles. The van der Waals surface area contributed by atoms with Crippen molar-refractivity contribution in [1.82, 2.24) is 0 Å². The topological polar surface area (TPSA) is 0 Å². The van der Waals surface area contributed by atoms with Gasteiger partial charge in [0, 0.05) is 0 Å². The van der Waals surface area contributed by atoms with E-state index >= 15 is 0 Å². The summed E-state index contributed by atoms with van der Waals surface area (Å²) in [6.07, 6.45) is 1.03. The van der Waals surface area contributed by atoms with Crippen LogP contribution in [0.15, 0.2) is 60.7 Å². The van der Waals surface area contributed by atoms with Gasteiger partial charge in [0.05, 0.1) is 0 Å². The summed E-state index contributed by atoms with van der Waals surface area (Å²) in [5, 5.41) is 0.949. The molecular formula is C15H15AsCl2. The first-order valence-corrected chi connectivity index (χ1v) is 12.2. The fraction of sp³-hybridized carbons (Fsp3) is 0.200. The molecule has 2 aromatic carbocycles. The molecule has 94 valence electrons. The van der Waals surface area contributed by atoms with E-state index in [1.165, 1.54) is 11.1 Å². The first-order valence-electron chi connectivity index (χ1n) is 5.96. The van der Waals surface area contributed by atoms with E-state index in [-0.39, 0.29) is 0 Å². The van der Waals surface area contributed by atoms with Crippen LogP contribution in [0.25, 0.3) is 0 Å². The minimum atomic E-state index is -1.59. The Balaban J connectivity index is 2.24. The van der Waals surface area contributed by atoms with Crippen LogP contribution in [0.4, 0.5) is 0 Å². The molecule has 0 fully saturated rings. The second-order valence-corrected chi connectivity index (χ2v) is 11.5. The molecule has 0 radical (unpaired) electrons. The SMILES string of the molecule is Cl[As](Cl)CCC(c1ccccc1)c1ccccc1. The zero-order chi connectivity index (χ0) is 12.8. The Kier molecular flexibility index (Phi) is 5.63. The minimum absolute atomic E-state index is 0.404. The average molecular weight is 341 g/mol. The van der Waals surface area contributed by atoms with E-state index in [1.54, 1.807) is 0 Å². The normalized spacial score (nSPS) is 11.1. The number of benzene rings is 2. The summed E-state index contributed by atoms with van der Waals surface area (Å²) in [4.78, 5) is 0. The van der Waals surface area contributed by atoms with Crippen molar-refractivity contribution >= 4 is 32.7 Å². The van der Waals surface area contributed by atoms with E-state index < -0.39 is 12.8 Å². The predicted molar refractivity (Wildman–Crippen MR) is 81.6 cm³/mol. The van der Waals surface area contributed by atoms with Gasteiger partial charge in [0.15, 0.2) is 0 Å². The van der Waals surface area contributed by atoms with E-state index in [1.807, 2.05) is 12.1 Å². The maximum atomic E-state index is 6.01. The first-order chi connectivity index (χ1) is 8.77. The third kappa shape index (κ3) is 4.05. The second kappa shape index (κ2) is 7.24. The molecule has 0 saturated carbocycles. The molecule has 0 nitrogen and oxygen atoms in total. The molecule has 0 atom stereocenters.